The minimum Gasteiger partial charge on any atom is -0.384 e. The molecule has 0 radical (unpaired) electrons. The first-order valence-electron chi connectivity index (χ1n) is 7.96. The number of nitrogens with one attached hydrogen (secondary N) is 2. The summed E-state index contributed by atoms with van der Waals surface area (Å²) in [5.74, 6) is 0.826. The van der Waals surface area contributed by atoms with Crippen molar-refractivity contribution in [1.29, 1.82) is 0 Å². The number of hydrogen-bond donors (Lipinski definition) is 3. The van der Waals surface area contributed by atoms with Crippen LogP contribution in [0.15, 0.2) is 16.8 Å². The van der Waals surface area contributed by atoms with Crippen molar-refractivity contribution < 1.29 is 9.90 Å². The first kappa shape index (κ1) is 17.2. The number of rotatable bonds is 6. The van der Waals surface area contributed by atoms with Gasteiger partial charge in [-0.15, -0.1) is 0 Å². The fourth-order valence-electron chi connectivity index (χ4n) is 2.60. The third-order valence-corrected chi connectivity index (χ3v) is 5.01. The molecule has 6 heteroatoms. The number of amides is 2. The first-order valence-corrected chi connectivity index (χ1v) is 8.91. The Morgan fingerprint density at radius 3 is 2.82 bits per heavy atom. The predicted molar refractivity (Wildman–Crippen MR) is 90.1 cm³/mol. The van der Waals surface area contributed by atoms with E-state index in [2.05, 4.69) is 22.5 Å². The van der Waals surface area contributed by atoms with Crippen molar-refractivity contribution in [2.45, 2.75) is 32.3 Å². The Morgan fingerprint density at radius 2 is 2.18 bits per heavy atom. The van der Waals surface area contributed by atoms with Gasteiger partial charge in [0.25, 0.3) is 0 Å². The summed E-state index contributed by atoms with van der Waals surface area (Å²) in [6, 6.07) is 1.66. The van der Waals surface area contributed by atoms with E-state index in [1.165, 1.54) is 24.2 Å². The molecule has 1 saturated heterocycles. The number of aliphatic hydroxyl groups is 1. The molecule has 0 spiro atoms. The van der Waals surface area contributed by atoms with Crippen LogP contribution in [-0.4, -0.2) is 48.8 Å². The predicted octanol–water partition coefficient (Wildman–Crippen LogP) is 1.99. The van der Waals surface area contributed by atoms with Crippen molar-refractivity contribution in [3.05, 3.63) is 22.4 Å². The molecule has 1 aliphatic heterocycles. The number of carbonyl (C=O) groups is 1. The molecule has 2 rings (SSSR count). The van der Waals surface area contributed by atoms with Gasteiger partial charge in [0.05, 0.1) is 6.54 Å². The summed E-state index contributed by atoms with van der Waals surface area (Å²) < 4.78 is 0. The highest BCUT2D eigenvalue weighted by molar-refractivity contribution is 7.08. The van der Waals surface area contributed by atoms with Crippen LogP contribution in [0.4, 0.5) is 4.79 Å². The van der Waals surface area contributed by atoms with Crippen molar-refractivity contribution in [3.63, 3.8) is 0 Å². The molecular weight excluding hydrogens is 298 g/mol. The molecule has 2 heterocycles. The highest BCUT2D eigenvalue weighted by atomic mass is 32.1. The van der Waals surface area contributed by atoms with Crippen LogP contribution in [0.5, 0.6) is 0 Å². The van der Waals surface area contributed by atoms with Gasteiger partial charge in [-0.2, -0.15) is 11.3 Å². The third-order valence-electron chi connectivity index (χ3n) is 4.33. The summed E-state index contributed by atoms with van der Waals surface area (Å²) in [5, 5.41) is 19.8. The third kappa shape index (κ3) is 5.26. The Balaban J connectivity index is 1.62. The Kier molecular flexibility index (Phi) is 6.23. The maximum atomic E-state index is 11.8. The van der Waals surface area contributed by atoms with Gasteiger partial charge >= 0.3 is 6.03 Å². The molecule has 1 aromatic heterocycles. The fourth-order valence-corrected chi connectivity index (χ4v) is 3.38. The molecule has 5 nitrogen and oxygen atoms in total. The van der Waals surface area contributed by atoms with E-state index in [1.807, 2.05) is 16.8 Å². The Hall–Kier alpha value is -1.11. The smallest absolute Gasteiger partial charge is 0.314 e. The first-order chi connectivity index (χ1) is 10.5. The molecule has 1 aromatic rings. The van der Waals surface area contributed by atoms with Gasteiger partial charge in [-0.3, -0.25) is 0 Å². The van der Waals surface area contributed by atoms with Gasteiger partial charge in [-0.1, -0.05) is 6.92 Å². The molecule has 1 unspecified atom stereocenters. The van der Waals surface area contributed by atoms with Crippen LogP contribution in [0, 0.1) is 5.92 Å². The lowest BCUT2D eigenvalue weighted by Crippen LogP contribution is -2.46. The number of nitrogens with zero attached hydrogens (tertiary/aromatic N) is 1. The normalized spacial score (nSPS) is 19.6. The topological polar surface area (TPSA) is 64.6 Å². The van der Waals surface area contributed by atoms with Crippen LogP contribution in [0.1, 0.15) is 32.3 Å². The molecule has 0 aliphatic carbocycles. The highest BCUT2D eigenvalue weighted by Gasteiger charge is 2.24. The van der Waals surface area contributed by atoms with E-state index < -0.39 is 5.60 Å². The second-order valence-corrected chi connectivity index (χ2v) is 7.20. The Morgan fingerprint density at radius 1 is 1.45 bits per heavy atom. The Bertz CT molecular complexity index is 454. The lowest BCUT2D eigenvalue weighted by Gasteiger charge is -2.30. The van der Waals surface area contributed by atoms with Gasteiger partial charge in [0, 0.05) is 13.1 Å². The van der Waals surface area contributed by atoms with Crippen LogP contribution in [0.2, 0.25) is 0 Å². The number of hydrogen-bond acceptors (Lipinski definition) is 4. The minimum atomic E-state index is -1.03. The van der Waals surface area contributed by atoms with E-state index in [0.717, 1.165) is 31.1 Å². The molecule has 124 valence electrons. The average Bonchev–Trinajstić information content (AvgIpc) is 3.02. The SMILES string of the molecule is CC1CCN(CCNC(=O)NCC(C)(O)c2ccsc2)CC1. The summed E-state index contributed by atoms with van der Waals surface area (Å²) in [6.07, 6.45) is 2.49. The van der Waals surface area contributed by atoms with Crippen LogP contribution in [-0.2, 0) is 5.60 Å². The van der Waals surface area contributed by atoms with Crippen molar-refractivity contribution in [2.24, 2.45) is 5.92 Å². The largest absolute Gasteiger partial charge is 0.384 e. The summed E-state index contributed by atoms with van der Waals surface area (Å²) in [7, 11) is 0. The van der Waals surface area contributed by atoms with Gasteiger partial charge in [0.2, 0.25) is 0 Å². The summed E-state index contributed by atoms with van der Waals surface area (Å²) >= 11 is 1.54. The van der Waals surface area contributed by atoms with E-state index in [4.69, 9.17) is 0 Å². The molecule has 1 atom stereocenters. The number of thiophene rings is 1. The average molecular weight is 325 g/mol. The zero-order valence-corrected chi connectivity index (χ0v) is 14.3. The molecule has 22 heavy (non-hydrogen) atoms. The summed E-state index contributed by atoms with van der Waals surface area (Å²) in [6.45, 7) is 7.99. The van der Waals surface area contributed by atoms with E-state index >= 15 is 0 Å². The van der Waals surface area contributed by atoms with Crippen molar-refractivity contribution >= 4 is 17.4 Å². The standard InChI is InChI=1S/C16H27N3O2S/c1-13-3-7-19(8-4-13)9-6-17-15(20)18-12-16(2,21)14-5-10-22-11-14/h5,10-11,13,21H,3-4,6-9,12H2,1-2H3,(H2,17,18,20). The van der Waals surface area contributed by atoms with Gasteiger partial charge < -0.3 is 20.6 Å². The van der Waals surface area contributed by atoms with Crippen molar-refractivity contribution in [1.82, 2.24) is 15.5 Å². The second kappa shape index (κ2) is 7.94. The van der Waals surface area contributed by atoms with Gasteiger partial charge in [0.1, 0.15) is 5.60 Å². The number of carbonyl (C=O) groups excluding carboxylic acids is 1. The lowest BCUT2D eigenvalue weighted by atomic mass is 9.99. The fraction of sp³-hybridized carbons (Fsp3) is 0.688. The highest BCUT2D eigenvalue weighted by Crippen LogP contribution is 2.21. The zero-order valence-electron chi connectivity index (χ0n) is 13.5. The molecular formula is C16H27N3O2S. The lowest BCUT2D eigenvalue weighted by molar-refractivity contribution is 0.0598. The van der Waals surface area contributed by atoms with E-state index in [1.54, 1.807) is 6.92 Å². The maximum absolute atomic E-state index is 11.8. The molecule has 0 bridgehead atoms. The minimum absolute atomic E-state index is 0.205. The quantitative estimate of drug-likeness (QED) is 0.749. The second-order valence-electron chi connectivity index (χ2n) is 6.42. The van der Waals surface area contributed by atoms with E-state index in [9.17, 15) is 9.90 Å². The number of piperidine rings is 1. The number of urea groups is 1. The molecule has 3 N–H and O–H groups in total. The molecule has 0 saturated carbocycles. The summed E-state index contributed by atoms with van der Waals surface area (Å²) in [4.78, 5) is 14.2. The zero-order chi connectivity index (χ0) is 16.0. The van der Waals surface area contributed by atoms with Gasteiger partial charge in [-0.25, -0.2) is 4.79 Å². The molecule has 2 amide bonds. The van der Waals surface area contributed by atoms with Crippen LogP contribution in [0.3, 0.4) is 0 Å². The summed E-state index contributed by atoms with van der Waals surface area (Å²) in [5.41, 5.74) is -0.194. The van der Waals surface area contributed by atoms with Crippen LogP contribution in [0.25, 0.3) is 0 Å². The van der Waals surface area contributed by atoms with Crippen molar-refractivity contribution in [3.8, 4) is 0 Å². The molecule has 0 aromatic carbocycles. The van der Waals surface area contributed by atoms with Crippen LogP contribution >= 0.6 is 11.3 Å². The van der Waals surface area contributed by atoms with Crippen molar-refractivity contribution in [2.75, 3.05) is 32.7 Å². The van der Waals surface area contributed by atoms with Crippen LogP contribution < -0.4 is 10.6 Å². The molecule has 1 fully saturated rings. The Labute approximate surface area is 136 Å². The van der Waals surface area contributed by atoms with Gasteiger partial charge in [0.15, 0.2) is 0 Å². The van der Waals surface area contributed by atoms with E-state index in [0.29, 0.717) is 6.54 Å². The van der Waals surface area contributed by atoms with Gasteiger partial charge in [-0.05, 0) is 61.2 Å². The van der Waals surface area contributed by atoms with E-state index in [-0.39, 0.29) is 12.6 Å². The maximum Gasteiger partial charge on any atom is 0.314 e. The number of likely N-dealkylation sites (tertiary alicyclic amines) is 1. The molecule has 1 aliphatic rings. The monoisotopic (exact) mass is 325 g/mol.